The van der Waals surface area contributed by atoms with E-state index < -0.39 is 11.8 Å². The second-order valence-corrected chi connectivity index (χ2v) is 5.03. The van der Waals surface area contributed by atoms with Gasteiger partial charge in [0.05, 0.1) is 11.6 Å². The number of aromatic nitrogens is 3. The average Bonchev–Trinajstić information content (AvgIpc) is 3.03. The number of primary amides is 1. The SMILES string of the molecule is Cn1nc(-c2ccccn2)cc1N1CC(C(N)=O)CC1=O. The van der Waals surface area contributed by atoms with E-state index in [1.807, 2.05) is 18.2 Å². The Kier molecular flexibility index (Phi) is 3.17. The van der Waals surface area contributed by atoms with Gasteiger partial charge in [0, 0.05) is 32.3 Å². The maximum atomic E-state index is 12.0. The van der Waals surface area contributed by atoms with E-state index in [1.54, 1.807) is 28.9 Å². The van der Waals surface area contributed by atoms with Crippen LogP contribution in [0.2, 0.25) is 0 Å². The van der Waals surface area contributed by atoms with Crippen molar-refractivity contribution < 1.29 is 9.59 Å². The van der Waals surface area contributed by atoms with E-state index in [-0.39, 0.29) is 12.3 Å². The molecule has 3 heterocycles. The lowest BCUT2D eigenvalue weighted by atomic mass is 10.1. The van der Waals surface area contributed by atoms with Gasteiger partial charge in [-0.3, -0.25) is 24.2 Å². The Labute approximate surface area is 121 Å². The van der Waals surface area contributed by atoms with Crippen molar-refractivity contribution in [3.63, 3.8) is 0 Å². The summed E-state index contributed by atoms with van der Waals surface area (Å²) >= 11 is 0. The van der Waals surface area contributed by atoms with Crippen molar-refractivity contribution in [2.75, 3.05) is 11.4 Å². The highest BCUT2D eigenvalue weighted by Crippen LogP contribution is 2.27. The van der Waals surface area contributed by atoms with Crippen molar-refractivity contribution in [3.05, 3.63) is 30.5 Å². The first-order valence-electron chi connectivity index (χ1n) is 6.61. The van der Waals surface area contributed by atoms with Crippen LogP contribution in [0.25, 0.3) is 11.4 Å². The lowest BCUT2D eigenvalue weighted by Gasteiger charge is -2.15. The van der Waals surface area contributed by atoms with Gasteiger partial charge in [0.1, 0.15) is 11.5 Å². The van der Waals surface area contributed by atoms with Gasteiger partial charge in [-0.2, -0.15) is 5.10 Å². The first-order valence-corrected chi connectivity index (χ1v) is 6.61. The highest BCUT2D eigenvalue weighted by atomic mass is 16.2. The van der Waals surface area contributed by atoms with E-state index in [2.05, 4.69) is 10.1 Å². The number of carbonyl (C=O) groups is 2. The number of nitrogens with zero attached hydrogens (tertiary/aromatic N) is 4. The van der Waals surface area contributed by atoms with Crippen LogP contribution >= 0.6 is 0 Å². The van der Waals surface area contributed by atoms with Crippen LogP contribution < -0.4 is 10.6 Å². The molecular formula is C14H15N5O2. The lowest BCUT2D eigenvalue weighted by molar-refractivity contribution is -0.123. The Hall–Kier alpha value is -2.70. The summed E-state index contributed by atoms with van der Waals surface area (Å²) in [5.41, 5.74) is 6.70. The van der Waals surface area contributed by atoms with Crippen molar-refractivity contribution >= 4 is 17.6 Å². The molecule has 108 valence electrons. The summed E-state index contributed by atoms with van der Waals surface area (Å²) in [6, 6.07) is 7.35. The number of nitrogens with two attached hydrogens (primary N) is 1. The third-order valence-corrected chi connectivity index (χ3v) is 3.59. The fourth-order valence-corrected chi connectivity index (χ4v) is 2.47. The van der Waals surface area contributed by atoms with Gasteiger partial charge in [-0.05, 0) is 12.1 Å². The maximum Gasteiger partial charge on any atom is 0.229 e. The molecule has 7 heteroatoms. The summed E-state index contributed by atoms with van der Waals surface area (Å²) in [4.78, 5) is 29.1. The topological polar surface area (TPSA) is 94.1 Å². The Morgan fingerprint density at radius 2 is 2.19 bits per heavy atom. The van der Waals surface area contributed by atoms with E-state index in [4.69, 9.17) is 5.73 Å². The standard InChI is InChI=1S/C14H15N5O2/c1-18-12(19-8-9(14(15)21)6-13(19)20)7-11(17-18)10-4-2-3-5-16-10/h2-5,7,9H,6,8H2,1H3,(H2,15,21). The predicted octanol–water partition coefficient (Wildman–Crippen LogP) is 0.320. The Morgan fingerprint density at radius 1 is 1.38 bits per heavy atom. The Bertz CT molecular complexity index is 695. The molecule has 0 aromatic carbocycles. The maximum absolute atomic E-state index is 12.0. The number of hydrogen-bond acceptors (Lipinski definition) is 4. The Morgan fingerprint density at radius 3 is 2.81 bits per heavy atom. The molecule has 1 atom stereocenters. The van der Waals surface area contributed by atoms with Crippen LogP contribution in [-0.2, 0) is 16.6 Å². The van der Waals surface area contributed by atoms with E-state index in [1.165, 1.54) is 0 Å². The first-order chi connectivity index (χ1) is 10.1. The van der Waals surface area contributed by atoms with Crippen LogP contribution in [0, 0.1) is 5.92 Å². The average molecular weight is 285 g/mol. The van der Waals surface area contributed by atoms with E-state index >= 15 is 0 Å². The van der Waals surface area contributed by atoms with Crippen molar-refractivity contribution in [1.29, 1.82) is 0 Å². The molecule has 1 saturated heterocycles. The largest absolute Gasteiger partial charge is 0.369 e. The van der Waals surface area contributed by atoms with Crippen LogP contribution in [-0.4, -0.2) is 33.1 Å². The van der Waals surface area contributed by atoms with Crippen molar-refractivity contribution in [2.24, 2.45) is 18.7 Å². The number of anilines is 1. The summed E-state index contributed by atoms with van der Waals surface area (Å²) in [6.07, 6.45) is 1.84. The van der Waals surface area contributed by atoms with Gasteiger partial charge in [-0.25, -0.2) is 0 Å². The van der Waals surface area contributed by atoms with Gasteiger partial charge in [0.15, 0.2) is 0 Å². The number of carbonyl (C=O) groups excluding carboxylic acids is 2. The molecule has 0 saturated carbocycles. The second kappa shape index (κ2) is 5.01. The van der Waals surface area contributed by atoms with Crippen molar-refractivity contribution in [2.45, 2.75) is 6.42 Å². The monoisotopic (exact) mass is 285 g/mol. The molecule has 0 radical (unpaired) electrons. The molecule has 1 fully saturated rings. The number of aryl methyl sites for hydroxylation is 1. The Balaban J connectivity index is 1.92. The molecule has 3 rings (SSSR count). The molecule has 2 aromatic rings. The molecule has 7 nitrogen and oxygen atoms in total. The molecule has 21 heavy (non-hydrogen) atoms. The summed E-state index contributed by atoms with van der Waals surface area (Å²) in [7, 11) is 1.76. The van der Waals surface area contributed by atoms with Crippen LogP contribution in [0.5, 0.6) is 0 Å². The van der Waals surface area contributed by atoms with Gasteiger partial charge in [-0.1, -0.05) is 6.07 Å². The van der Waals surface area contributed by atoms with Crippen LogP contribution in [0.4, 0.5) is 5.82 Å². The van der Waals surface area contributed by atoms with Crippen LogP contribution in [0.1, 0.15) is 6.42 Å². The van der Waals surface area contributed by atoms with Crippen molar-refractivity contribution in [1.82, 2.24) is 14.8 Å². The number of hydrogen-bond donors (Lipinski definition) is 1. The van der Waals surface area contributed by atoms with Gasteiger partial charge in [-0.15, -0.1) is 0 Å². The third kappa shape index (κ3) is 2.37. The summed E-state index contributed by atoms with van der Waals surface area (Å²) in [5, 5.41) is 4.37. The zero-order chi connectivity index (χ0) is 15.0. The molecule has 2 N–H and O–H groups in total. The highest BCUT2D eigenvalue weighted by molar-refractivity contribution is 5.99. The molecule has 0 aliphatic carbocycles. The normalized spacial score (nSPS) is 18.2. The first kappa shape index (κ1) is 13.3. The predicted molar refractivity (Wildman–Crippen MR) is 76.1 cm³/mol. The van der Waals surface area contributed by atoms with Crippen LogP contribution in [0.15, 0.2) is 30.5 Å². The second-order valence-electron chi connectivity index (χ2n) is 5.03. The van der Waals surface area contributed by atoms with Crippen LogP contribution in [0.3, 0.4) is 0 Å². The fourth-order valence-electron chi connectivity index (χ4n) is 2.47. The smallest absolute Gasteiger partial charge is 0.229 e. The molecule has 2 aromatic heterocycles. The summed E-state index contributed by atoms with van der Waals surface area (Å²) in [5.74, 6) is -0.359. The zero-order valence-electron chi connectivity index (χ0n) is 11.6. The van der Waals surface area contributed by atoms with E-state index in [9.17, 15) is 9.59 Å². The number of rotatable bonds is 3. The molecule has 1 unspecified atom stereocenters. The molecule has 0 spiro atoms. The zero-order valence-corrected chi connectivity index (χ0v) is 11.6. The molecule has 0 bridgehead atoms. The minimum absolute atomic E-state index is 0.116. The fraction of sp³-hybridized carbons (Fsp3) is 0.286. The quantitative estimate of drug-likeness (QED) is 0.878. The molecule has 2 amide bonds. The van der Waals surface area contributed by atoms with Gasteiger partial charge in [0.2, 0.25) is 11.8 Å². The third-order valence-electron chi connectivity index (χ3n) is 3.59. The van der Waals surface area contributed by atoms with Gasteiger partial charge >= 0.3 is 0 Å². The highest BCUT2D eigenvalue weighted by Gasteiger charge is 2.35. The molecule has 1 aliphatic rings. The number of pyridine rings is 1. The van der Waals surface area contributed by atoms with E-state index in [0.717, 1.165) is 5.69 Å². The van der Waals surface area contributed by atoms with E-state index in [0.29, 0.717) is 18.1 Å². The number of amides is 2. The minimum atomic E-state index is -0.446. The summed E-state index contributed by atoms with van der Waals surface area (Å²) < 4.78 is 1.62. The lowest BCUT2D eigenvalue weighted by Crippen LogP contribution is -2.29. The minimum Gasteiger partial charge on any atom is -0.369 e. The molecular weight excluding hydrogens is 270 g/mol. The van der Waals surface area contributed by atoms with Crippen molar-refractivity contribution in [3.8, 4) is 11.4 Å². The van der Waals surface area contributed by atoms with Gasteiger partial charge < -0.3 is 5.73 Å². The molecule has 1 aliphatic heterocycles. The summed E-state index contributed by atoms with van der Waals surface area (Å²) in [6.45, 7) is 0.301. The van der Waals surface area contributed by atoms with Gasteiger partial charge in [0.25, 0.3) is 0 Å².